The first-order valence-corrected chi connectivity index (χ1v) is 13.4. The lowest BCUT2D eigenvalue weighted by Crippen LogP contribution is -2.24. The first kappa shape index (κ1) is 23.3. The van der Waals surface area contributed by atoms with E-state index in [1.807, 2.05) is 24.4 Å². The average molecular weight is 514 g/mol. The first-order chi connectivity index (χ1) is 19.2. The van der Waals surface area contributed by atoms with Crippen LogP contribution in [0.25, 0.3) is 55.6 Å². The largest absolute Gasteiger partial charge is 0.353 e. The van der Waals surface area contributed by atoms with Crippen molar-refractivity contribution in [2.45, 2.75) is 32.1 Å². The van der Waals surface area contributed by atoms with Gasteiger partial charge in [-0.3, -0.25) is 19.9 Å². The molecule has 5 heterocycles. The van der Waals surface area contributed by atoms with Crippen molar-refractivity contribution in [3.05, 3.63) is 79.5 Å². The molecule has 7 rings (SSSR count). The van der Waals surface area contributed by atoms with Crippen molar-refractivity contribution in [3.8, 4) is 33.6 Å². The van der Waals surface area contributed by atoms with Crippen LogP contribution in [0.2, 0.25) is 0 Å². The lowest BCUT2D eigenvalue weighted by molar-refractivity contribution is -0.120. The fraction of sp³-hybridized carbons (Fsp3) is 0.194. The number of aromatic amines is 2. The van der Waals surface area contributed by atoms with E-state index in [0.29, 0.717) is 11.3 Å². The van der Waals surface area contributed by atoms with Gasteiger partial charge >= 0.3 is 0 Å². The molecule has 0 saturated heterocycles. The van der Waals surface area contributed by atoms with Crippen LogP contribution in [0.15, 0.2) is 79.5 Å². The zero-order valence-corrected chi connectivity index (χ0v) is 21.3. The SMILES string of the molecule is O=C(Nc1cncc(-c2cnc3n[nH]c(-c4cc5c(-c6cccnc6)cccc5[nH]4)c3c2)c1)C1CCCCC1. The third-order valence-electron chi connectivity index (χ3n) is 7.63. The molecule has 1 aliphatic rings. The van der Waals surface area contributed by atoms with Gasteiger partial charge in [0.15, 0.2) is 5.65 Å². The summed E-state index contributed by atoms with van der Waals surface area (Å²) < 4.78 is 0. The first-order valence-electron chi connectivity index (χ1n) is 13.4. The topological polar surface area (TPSA) is 112 Å². The summed E-state index contributed by atoms with van der Waals surface area (Å²) >= 11 is 0. The molecule has 1 fully saturated rings. The highest BCUT2D eigenvalue weighted by Crippen LogP contribution is 2.35. The Kier molecular flexibility index (Phi) is 5.85. The number of hydrogen-bond acceptors (Lipinski definition) is 5. The maximum atomic E-state index is 12.8. The Balaban J connectivity index is 1.23. The summed E-state index contributed by atoms with van der Waals surface area (Å²) in [5.41, 5.74) is 8.12. The van der Waals surface area contributed by atoms with Crippen molar-refractivity contribution in [3.63, 3.8) is 0 Å². The minimum Gasteiger partial charge on any atom is -0.353 e. The van der Waals surface area contributed by atoms with E-state index in [-0.39, 0.29) is 11.8 Å². The van der Waals surface area contributed by atoms with Crippen LogP contribution in [-0.2, 0) is 4.79 Å². The van der Waals surface area contributed by atoms with E-state index >= 15 is 0 Å². The van der Waals surface area contributed by atoms with E-state index in [1.165, 1.54) is 6.42 Å². The minimum absolute atomic E-state index is 0.0869. The van der Waals surface area contributed by atoms with Crippen LogP contribution >= 0.6 is 0 Å². The third-order valence-corrected chi connectivity index (χ3v) is 7.63. The van der Waals surface area contributed by atoms with Crippen molar-refractivity contribution in [2.75, 3.05) is 5.32 Å². The van der Waals surface area contributed by atoms with Crippen LogP contribution in [-0.4, -0.2) is 36.0 Å². The highest BCUT2D eigenvalue weighted by atomic mass is 16.1. The highest BCUT2D eigenvalue weighted by Gasteiger charge is 2.21. The van der Waals surface area contributed by atoms with E-state index in [4.69, 9.17) is 0 Å². The van der Waals surface area contributed by atoms with E-state index < -0.39 is 0 Å². The molecule has 192 valence electrons. The molecule has 1 amide bonds. The van der Waals surface area contributed by atoms with E-state index in [1.54, 1.807) is 24.8 Å². The maximum Gasteiger partial charge on any atom is 0.227 e. The number of rotatable bonds is 5. The van der Waals surface area contributed by atoms with Gasteiger partial charge in [-0.1, -0.05) is 37.5 Å². The molecular formula is C31H27N7O. The van der Waals surface area contributed by atoms with Gasteiger partial charge < -0.3 is 10.3 Å². The van der Waals surface area contributed by atoms with Gasteiger partial charge in [-0.15, -0.1) is 0 Å². The molecule has 8 heteroatoms. The number of nitrogens with one attached hydrogen (secondary N) is 3. The summed E-state index contributed by atoms with van der Waals surface area (Å²) in [6, 6.07) is 16.4. The second-order valence-corrected chi connectivity index (χ2v) is 10.2. The molecule has 0 atom stereocenters. The number of amides is 1. The maximum absolute atomic E-state index is 12.8. The second kappa shape index (κ2) is 9.79. The number of H-pyrrole nitrogens is 2. The molecule has 1 aromatic carbocycles. The summed E-state index contributed by atoms with van der Waals surface area (Å²) in [6.07, 6.45) is 14.3. The van der Waals surface area contributed by atoms with Crippen molar-refractivity contribution < 1.29 is 4.79 Å². The normalized spacial score (nSPS) is 14.2. The van der Waals surface area contributed by atoms with Crippen molar-refractivity contribution >= 4 is 33.5 Å². The smallest absolute Gasteiger partial charge is 0.227 e. The number of anilines is 1. The number of hydrogen-bond donors (Lipinski definition) is 3. The number of carbonyl (C=O) groups is 1. The van der Waals surface area contributed by atoms with Gasteiger partial charge in [0.1, 0.15) is 0 Å². The predicted molar refractivity (Wildman–Crippen MR) is 153 cm³/mol. The Hall–Kier alpha value is -4.85. The van der Waals surface area contributed by atoms with Gasteiger partial charge in [0.05, 0.1) is 23.3 Å². The highest BCUT2D eigenvalue weighted by molar-refractivity contribution is 6.01. The number of benzene rings is 1. The molecule has 0 unspecified atom stereocenters. The number of aromatic nitrogens is 6. The van der Waals surface area contributed by atoms with Crippen molar-refractivity contribution in [1.82, 2.24) is 30.1 Å². The van der Waals surface area contributed by atoms with Crippen LogP contribution < -0.4 is 5.32 Å². The van der Waals surface area contributed by atoms with Crippen LogP contribution in [0.4, 0.5) is 5.69 Å². The monoisotopic (exact) mass is 513 g/mol. The van der Waals surface area contributed by atoms with Gasteiger partial charge in [0, 0.05) is 63.7 Å². The van der Waals surface area contributed by atoms with Gasteiger partial charge in [0.2, 0.25) is 5.91 Å². The molecule has 5 aromatic heterocycles. The quantitative estimate of drug-likeness (QED) is 0.236. The summed E-state index contributed by atoms with van der Waals surface area (Å²) in [7, 11) is 0. The molecular weight excluding hydrogens is 486 g/mol. The van der Waals surface area contributed by atoms with E-state index in [9.17, 15) is 4.79 Å². The van der Waals surface area contributed by atoms with Crippen LogP contribution in [0.5, 0.6) is 0 Å². The lowest BCUT2D eigenvalue weighted by atomic mass is 9.88. The second-order valence-electron chi connectivity index (χ2n) is 10.2. The summed E-state index contributed by atoms with van der Waals surface area (Å²) in [5, 5.41) is 12.7. The average Bonchev–Trinajstić information content (AvgIpc) is 3.62. The van der Waals surface area contributed by atoms with Crippen LogP contribution in [0.1, 0.15) is 32.1 Å². The molecule has 0 spiro atoms. The molecule has 3 N–H and O–H groups in total. The minimum atomic E-state index is 0.0869. The lowest BCUT2D eigenvalue weighted by Gasteiger charge is -2.20. The number of nitrogens with zero attached hydrogens (tertiary/aromatic N) is 4. The molecule has 39 heavy (non-hydrogen) atoms. The molecule has 8 nitrogen and oxygen atoms in total. The van der Waals surface area contributed by atoms with E-state index in [0.717, 1.165) is 75.6 Å². The van der Waals surface area contributed by atoms with Crippen molar-refractivity contribution in [1.29, 1.82) is 0 Å². The Morgan fingerprint density at radius 1 is 0.846 bits per heavy atom. The molecule has 1 saturated carbocycles. The van der Waals surface area contributed by atoms with E-state index in [2.05, 4.69) is 65.8 Å². The fourth-order valence-corrected chi connectivity index (χ4v) is 5.60. The van der Waals surface area contributed by atoms with Crippen molar-refractivity contribution in [2.24, 2.45) is 5.92 Å². The summed E-state index contributed by atoms with van der Waals surface area (Å²) in [5.74, 6) is 0.174. The zero-order chi connectivity index (χ0) is 26.2. The Labute approximate surface area is 224 Å². The Morgan fingerprint density at radius 2 is 1.72 bits per heavy atom. The molecule has 0 radical (unpaired) electrons. The van der Waals surface area contributed by atoms with Gasteiger partial charge in [-0.05, 0) is 48.7 Å². The zero-order valence-electron chi connectivity index (χ0n) is 21.3. The molecule has 6 aromatic rings. The van der Waals surface area contributed by atoms with Gasteiger partial charge in [0.25, 0.3) is 0 Å². The number of fused-ring (bicyclic) bond motifs is 2. The predicted octanol–water partition coefficient (Wildman–Crippen LogP) is 6.75. The summed E-state index contributed by atoms with van der Waals surface area (Å²) in [4.78, 5) is 29.6. The summed E-state index contributed by atoms with van der Waals surface area (Å²) in [6.45, 7) is 0. The Morgan fingerprint density at radius 3 is 2.59 bits per heavy atom. The molecule has 0 bridgehead atoms. The Bertz CT molecular complexity index is 1800. The number of pyridine rings is 3. The molecule has 0 aliphatic heterocycles. The van der Waals surface area contributed by atoms with Crippen LogP contribution in [0, 0.1) is 5.92 Å². The van der Waals surface area contributed by atoms with Gasteiger partial charge in [-0.2, -0.15) is 5.10 Å². The fourth-order valence-electron chi connectivity index (χ4n) is 5.60. The number of carbonyl (C=O) groups excluding carboxylic acids is 1. The van der Waals surface area contributed by atoms with Crippen LogP contribution in [0.3, 0.4) is 0 Å². The standard InChI is InChI=1S/C31H27N7O/c39-31(19-6-2-1-3-7-19)35-23-12-21(16-33-18-23)22-13-26-29(37-38-30(26)34-17-22)28-14-25-24(9-4-10-27(25)36-28)20-8-5-11-32-15-20/h4-5,8-19,36H,1-3,6-7H2,(H,35,39)(H,34,37,38). The third kappa shape index (κ3) is 4.44. The molecule has 1 aliphatic carbocycles. The van der Waals surface area contributed by atoms with Gasteiger partial charge in [-0.25, -0.2) is 4.98 Å².